The fraction of sp³-hybridized carbons (Fsp3) is 0.846. The lowest BCUT2D eigenvalue weighted by Crippen LogP contribution is -2.50. The zero-order valence-electron chi connectivity index (χ0n) is 11.5. The van der Waals surface area contributed by atoms with Crippen molar-refractivity contribution in [3.8, 4) is 0 Å². The van der Waals surface area contributed by atoms with Crippen molar-refractivity contribution in [2.45, 2.75) is 64.5 Å². The van der Waals surface area contributed by atoms with Crippen molar-refractivity contribution in [1.29, 1.82) is 0 Å². The van der Waals surface area contributed by atoms with E-state index in [1.165, 1.54) is 6.42 Å². The number of nitrogens with one attached hydrogen (secondary N) is 1. The zero-order valence-corrected chi connectivity index (χ0v) is 11.5. The molecule has 0 aliphatic heterocycles. The number of rotatable bonds is 3. The van der Waals surface area contributed by atoms with E-state index in [0.29, 0.717) is 0 Å². The van der Waals surface area contributed by atoms with E-state index in [1.54, 1.807) is 20.8 Å². The zero-order chi connectivity index (χ0) is 13.8. The molecule has 0 bridgehead atoms. The van der Waals surface area contributed by atoms with Gasteiger partial charge in [-0.2, -0.15) is 0 Å². The Hall–Kier alpha value is -1.26. The van der Waals surface area contributed by atoms with Crippen molar-refractivity contribution in [1.82, 2.24) is 5.32 Å². The number of amides is 2. The Kier molecular flexibility index (Phi) is 4.99. The molecule has 3 N–H and O–H groups in total. The number of carbonyl (C=O) groups excluding carboxylic acids is 2. The lowest BCUT2D eigenvalue weighted by atomic mass is 9.83. The van der Waals surface area contributed by atoms with E-state index in [0.717, 1.165) is 25.7 Å². The monoisotopic (exact) mass is 256 g/mol. The minimum atomic E-state index is -0.611. The number of hydrogen-bond donors (Lipinski definition) is 2. The van der Waals surface area contributed by atoms with Gasteiger partial charge in [-0.05, 0) is 39.5 Å². The molecule has 2 amide bonds. The summed E-state index contributed by atoms with van der Waals surface area (Å²) in [6.07, 6.45) is 4.66. The first kappa shape index (κ1) is 14.8. The second-order valence-corrected chi connectivity index (χ2v) is 5.92. The largest absolute Gasteiger partial charge is 0.444 e. The minimum absolute atomic E-state index is 0.142. The molecule has 1 atom stereocenters. The van der Waals surface area contributed by atoms with E-state index in [4.69, 9.17) is 10.5 Å². The van der Waals surface area contributed by atoms with Crippen molar-refractivity contribution in [2.75, 3.05) is 0 Å². The number of ether oxygens (including phenoxy) is 1. The Labute approximate surface area is 108 Å². The fourth-order valence-corrected chi connectivity index (χ4v) is 2.32. The summed E-state index contributed by atoms with van der Waals surface area (Å²) >= 11 is 0. The third-order valence-corrected chi connectivity index (χ3v) is 3.10. The maximum atomic E-state index is 11.7. The van der Waals surface area contributed by atoms with Crippen LogP contribution in [0, 0.1) is 5.92 Å². The van der Waals surface area contributed by atoms with Gasteiger partial charge < -0.3 is 15.8 Å². The summed E-state index contributed by atoms with van der Waals surface area (Å²) in [7, 11) is 0. The van der Waals surface area contributed by atoms with Crippen molar-refractivity contribution < 1.29 is 14.3 Å². The first-order valence-corrected chi connectivity index (χ1v) is 6.58. The number of hydrogen-bond acceptors (Lipinski definition) is 3. The quantitative estimate of drug-likeness (QED) is 0.809. The van der Waals surface area contributed by atoms with Crippen LogP contribution in [0.15, 0.2) is 0 Å². The van der Waals surface area contributed by atoms with Crippen LogP contribution < -0.4 is 11.1 Å². The first-order chi connectivity index (χ1) is 8.29. The number of carbonyl (C=O) groups is 2. The molecule has 0 unspecified atom stereocenters. The van der Waals surface area contributed by atoms with Crippen LogP contribution in [-0.2, 0) is 9.53 Å². The average Bonchev–Trinajstić information content (AvgIpc) is 2.24. The van der Waals surface area contributed by atoms with Crippen molar-refractivity contribution >= 4 is 12.0 Å². The molecule has 0 radical (unpaired) electrons. The van der Waals surface area contributed by atoms with Gasteiger partial charge >= 0.3 is 6.09 Å². The van der Waals surface area contributed by atoms with Gasteiger partial charge in [0.25, 0.3) is 0 Å². The Bertz CT molecular complexity index is 304. The number of nitrogens with two attached hydrogens (primary N) is 1. The molecule has 1 aliphatic carbocycles. The van der Waals surface area contributed by atoms with Gasteiger partial charge in [0.05, 0.1) is 0 Å². The van der Waals surface area contributed by atoms with E-state index in [9.17, 15) is 9.59 Å². The van der Waals surface area contributed by atoms with Gasteiger partial charge in [0, 0.05) is 0 Å². The van der Waals surface area contributed by atoms with E-state index in [1.807, 2.05) is 0 Å². The Morgan fingerprint density at radius 3 is 2.22 bits per heavy atom. The average molecular weight is 256 g/mol. The highest BCUT2D eigenvalue weighted by Crippen LogP contribution is 2.26. The normalized spacial score (nSPS) is 19.1. The molecule has 0 aromatic rings. The summed E-state index contributed by atoms with van der Waals surface area (Å²) in [5, 5.41) is 2.61. The van der Waals surface area contributed by atoms with Crippen molar-refractivity contribution in [3.63, 3.8) is 0 Å². The van der Waals surface area contributed by atoms with Crippen LogP contribution in [0.25, 0.3) is 0 Å². The molecule has 5 heteroatoms. The Morgan fingerprint density at radius 1 is 1.22 bits per heavy atom. The van der Waals surface area contributed by atoms with E-state index < -0.39 is 23.6 Å². The molecular weight excluding hydrogens is 232 g/mol. The molecule has 18 heavy (non-hydrogen) atoms. The lowest BCUT2D eigenvalue weighted by Gasteiger charge is -2.29. The van der Waals surface area contributed by atoms with Crippen LogP contribution in [0.1, 0.15) is 52.9 Å². The van der Waals surface area contributed by atoms with Gasteiger partial charge in [0.15, 0.2) is 0 Å². The van der Waals surface area contributed by atoms with Crippen molar-refractivity contribution in [3.05, 3.63) is 0 Å². The third-order valence-electron chi connectivity index (χ3n) is 3.10. The standard InChI is InChI=1S/C13H24N2O3/c1-13(2,3)18-12(17)15-10(11(14)16)9-7-5-4-6-8-9/h9-10H,4-8H2,1-3H3,(H2,14,16)(H,15,17)/t10-/m1/s1. The van der Waals surface area contributed by atoms with Crippen LogP contribution in [0.3, 0.4) is 0 Å². The Morgan fingerprint density at radius 2 is 1.78 bits per heavy atom. The SMILES string of the molecule is CC(C)(C)OC(=O)N[C@@H](C(N)=O)C1CCCCC1. The summed E-state index contributed by atoms with van der Waals surface area (Å²) in [6.45, 7) is 5.35. The summed E-state index contributed by atoms with van der Waals surface area (Å²) in [5.74, 6) is -0.337. The molecule has 0 spiro atoms. The molecule has 0 aromatic carbocycles. The lowest BCUT2D eigenvalue weighted by molar-refractivity contribution is -0.121. The highest BCUT2D eigenvalue weighted by molar-refractivity contribution is 5.84. The Balaban J connectivity index is 2.57. The molecule has 5 nitrogen and oxygen atoms in total. The smallest absolute Gasteiger partial charge is 0.408 e. The highest BCUT2D eigenvalue weighted by atomic mass is 16.6. The topological polar surface area (TPSA) is 81.4 Å². The molecule has 1 aliphatic rings. The fourth-order valence-electron chi connectivity index (χ4n) is 2.32. The number of alkyl carbamates (subject to hydrolysis) is 1. The maximum Gasteiger partial charge on any atom is 0.408 e. The van der Waals surface area contributed by atoms with Gasteiger partial charge in [-0.25, -0.2) is 4.79 Å². The molecule has 1 rings (SSSR count). The predicted molar refractivity (Wildman–Crippen MR) is 68.9 cm³/mol. The number of primary amides is 1. The summed E-state index contributed by atoms with van der Waals surface area (Å²) in [5.41, 5.74) is 4.80. The third kappa shape index (κ3) is 4.94. The minimum Gasteiger partial charge on any atom is -0.444 e. The van der Waals surface area contributed by atoms with E-state index in [-0.39, 0.29) is 5.92 Å². The van der Waals surface area contributed by atoms with E-state index in [2.05, 4.69) is 5.32 Å². The van der Waals surface area contributed by atoms with Crippen LogP contribution in [0.5, 0.6) is 0 Å². The molecule has 0 aromatic heterocycles. The first-order valence-electron chi connectivity index (χ1n) is 6.58. The molecule has 1 saturated carbocycles. The molecular formula is C13H24N2O3. The predicted octanol–water partition coefficient (Wildman–Crippen LogP) is 1.95. The van der Waals surface area contributed by atoms with Crippen LogP contribution in [0.4, 0.5) is 4.79 Å². The van der Waals surface area contributed by atoms with E-state index >= 15 is 0 Å². The van der Waals surface area contributed by atoms with Gasteiger partial charge in [-0.1, -0.05) is 19.3 Å². The van der Waals surface area contributed by atoms with Gasteiger partial charge in [0.1, 0.15) is 11.6 Å². The van der Waals surface area contributed by atoms with Crippen LogP contribution in [0.2, 0.25) is 0 Å². The maximum absolute atomic E-state index is 11.7. The molecule has 1 fully saturated rings. The van der Waals surface area contributed by atoms with Crippen LogP contribution >= 0.6 is 0 Å². The molecule has 104 valence electrons. The van der Waals surface area contributed by atoms with Crippen LogP contribution in [-0.4, -0.2) is 23.6 Å². The van der Waals surface area contributed by atoms with Gasteiger partial charge in [0.2, 0.25) is 5.91 Å². The summed E-state index contributed by atoms with van der Waals surface area (Å²) in [4.78, 5) is 23.1. The summed E-state index contributed by atoms with van der Waals surface area (Å²) in [6, 6.07) is -0.611. The van der Waals surface area contributed by atoms with Crippen molar-refractivity contribution in [2.24, 2.45) is 11.7 Å². The summed E-state index contributed by atoms with van der Waals surface area (Å²) < 4.78 is 5.15. The van der Waals surface area contributed by atoms with Gasteiger partial charge in [-0.15, -0.1) is 0 Å². The van der Waals surface area contributed by atoms with Gasteiger partial charge in [-0.3, -0.25) is 4.79 Å². The molecule has 0 heterocycles. The second kappa shape index (κ2) is 6.07. The molecule has 0 saturated heterocycles. The second-order valence-electron chi connectivity index (χ2n) is 5.92. The highest BCUT2D eigenvalue weighted by Gasteiger charge is 2.30.